The summed E-state index contributed by atoms with van der Waals surface area (Å²) in [5.74, 6) is 0.543. The third kappa shape index (κ3) is 6.84. The molecule has 0 spiro atoms. The first-order chi connectivity index (χ1) is 14.9. The summed E-state index contributed by atoms with van der Waals surface area (Å²) in [4.78, 5) is 0. The zero-order valence-electron chi connectivity index (χ0n) is 20.0. The first-order valence-corrected chi connectivity index (χ1v) is 11.1. The van der Waals surface area contributed by atoms with Gasteiger partial charge in [0.25, 0.3) is 0 Å². The van der Waals surface area contributed by atoms with Gasteiger partial charge in [-0.25, -0.2) is 4.39 Å². The molecule has 176 valence electrons. The van der Waals surface area contributed by atoms with Gasteiger partial charge in [0.15, 0.2) is 0 Å². The minimum Gasteiger partial charge on any atom is -0.340 e. The predicted octanol–water partition coefficient (Wildman–Crippen LogP) is 6.35. The fraction of sp³-hybridized carbons (Fsp3) is 0.462. The number of rotatable bonds is 7. The molecule has 1 aromatic heterocycles. The number of hydrogen-bond acceptors (Lipinski definition) is 2. The van der Waals surface area contributed by atoms with Gasteiger partial charge in [0.05, 0.1) is 0 Å². The second-order valence-corrected chi connectivity index (χ2v) is 9.10. The lowest BCUT2D eigenvalue weighted by atomic mass is 10.0. The summed E-state index contributed by atoms with van der Waals surface area (Å²) in [6, 6.07) is 7.92. The van der Waals surface area contributed by atoms with Crippen molar-refractivity contribution in [3.05, 3.63) is 70.7 Å². The van der Waals surface area contributed by atoms with Gasteiger partial charge in [0.1, 0.15) is 5.82 Å². The lowest BCUT2D eigenvalue weighted by Gasteiger charge is -2.15. The van der Waals surface area contributed by atoms with Crippen LogP contribution in [0.25, 0.3) is 10.9 Å². The van der Waals surface area contributed by atoms with Gasteiger partial charge in [0, 0.05) is 34.7 Å². The summed E-state index contributed by atoms with van der Waals surface area (Å²) >= 11 is 0. The SMILES string of the molecule is CC(C)C.CNC(C)CCc1c(C)c2cc(C(N)(F)F)ccc2n1Cc1cccc(F)c1. The van der Waals surface area contributed by atoms with Crippen molar-refractivity contribution >= 4 is 10.9 Å². The van der Waals surface area contributed by atoms with Crippen molar-refractivity contribution in [2.75, 3.05) is 7.05 Å². The number of halogens is 3. The molecule has 3 aromatic rings. The molecule has 0 saturated heterocycles. The minimum atomic E-state index is -3.38. The van der Waals surface area contributed by atoms with Gasteiger partial charge >= 0.3 is 6.05 Å². The third-order valence-electron chi connectivity index (χ3n) is 5.37. The summed E-state index contributed by atoms with van der Waals surface area (Å²) in [6.45, 7) is 11.0. The van der Waals surface area contributed by atoms with Crippen LogP contribution in [0.1, 0.15) is 56.5 Å². The van der Waals surface area contributed by atoms with E-state index in [0.29, 0.717) is 12.6 Å². The van der Waals surface area contributed by atoms with Crippen molar-refractivity contribution in [2.24, 2.45) is 11.7 Å². The van der Waals surface area contributed by atoms with Crippen molar-refractivity contribution in [1.82, 2.24) is 9.88 Å². The minimum absolute atomic E-state index is 0.207. The zero-order chi connectivity index (χ0) is 24.1. The molecule has 1 unspecified atom stereocenters. The molecule has 0 aliphatic heterocycles. The Morgan fingerprint density at radius 3 is 2.28 bits per heavy atom. The second kappa shape index (κ2) is 11.0. The number of nitrogens with two attached hydrogens (primary N) is 1. The number of benzene rings is 2. The van der Waals surface area contributed by atoms with E-state index in [1.54, 1.807) is 12.1 Å². The van der Waals surface area contributed by atoms with Crippen molar-refractivity contribution in [2.45, 2.75) is 66.1 Å². The zero-order valence-corrected chi connectivity index (χ0v) is 20.0. The van der Waals surface area contributed by atoms with Crippen molar-refractivity contribution in [1.29, 1.82) is 0 Å². The monoisotopic (exact) mass is 447 g/mol. The van der Waals surface area contributed by atoms with Crippen LogP contribution in [0.2, 0.25) is 0 Å². The highest BCUT2D eigenvalue weighted by molar-refractivity contribution is 5.86. The molecule has 0 bridgehead atoms. The number of aromatic nitrogens is 1. The molecule has 0 amide bonds. The highest BCUT2D eigenvalue weighted by Gasteiger charge is 2.26. The van der Waals surface area contributed by atoms with Crippen LogP contribution in [-0.2, 0) is 19.0 Å². The van der Waals surface area contributed by atoms with Gasteiger partial charge in [-0.3, -0.25) is 5.73 Å². The van der Waals surface area contributed by atoms with Crippen molar-refractivity contribution < 1.29 is 13.2 Å². The summed E-state index contributed by atoms with van der Waals surface area (Å²) in [7, 11) is 1.91. The van der Waals surface area contributed by atoms with E-state index in [1.807, 2.05) is 20.0 Å². The molecule has 32 heavy (non-hydrogen) atoms. The van der Waals surface area contributed by atoms with Crippen LogP contribution >= 0.6 is 0 Å². The van der Waals surface area contributed by atoms with E-state index in [-0.39, 0.29) is 11.4 Å². The first kappa shape index (κ1) is 25.9. The molecule has 3 rings (SSSR count). The fourth-order valence-corrected chi connectivity index (χ4v) is 3.60. The Kier molecular flexibility index (Phi) is 8.93. The van der Waals surface area contributed by atoms with Gasteiger partial charge < -0.3 is 9.88 Å². The van der Waals surface area contributed by atoms with Crippen LogP contribution in [0, 0.1) is 18.7 Å². The maximum atomic E-state index is 13.7. The van der Waals surface area contributed by atoms with Crippen LogP contribution in [0.4, 0.5) is 13.2 Å². The molecule has 1 heterocycles. The van der Waals surface area contributed by atoms with Crippen molar-refractivity contribution in [3.63, 3.8) is 0 Å². The molecule has 6 heteroatoms. The van der Waals surface area contributed by atoms with E-state index in [4.69, 9.17) is 5.73 Å². The Labute approximate surface area is 189 Å². The molecule has 0 saturated carbocycles. The average molecular weight is 448 g/mol. The molecule has 3 N–H and O–H groups in total. The molecule has 0 radical (unpaired) electrons. The third-order valence-corrected chi connectivity index (χ3v) is 5.37. The summed E-state index contributed by atoms with van der Waals surface area (Å²) in [5, 5.41) is 3.98. The van der Waals surface area contributed by atoms with Gasteiger partial charge in [0.2, 0.25) is 0 Å². The molecular weight excluding hydrogens is 411 g/mol. The van der Waals surface area contributed by atoms with Gasteiger partial charge in [-0.1, -0.05) is 32.9 Å². The Bertz CT molecular complexity index is 1020. The fourth-order valence-electron chi connectivity index (χ4n) is 3.60. The van der Waals surface area contributed by atoms with E-state index in [1.165, 1.54) is 24.3 Å². The maximum Gasteiger partial charge on any atom is 0.326 e. The highest BCUT2D eigenvalue weighted by Crippen LogP contribution is 2.32. The topological polar surface area (TPSA) is 43.0 Å². The molecule has 0 aliphatic carbocycles. The summed E-state index contributed by atoms with van der Waals surface area (Å²) in [6.07, 6.45) is 1.68. The Morgan fingerprint density at radius 2 is 1.72 bits per heavy atom. The number of nitrogens with one attached hydrogen (secondary N) is 1. The predicted molar refractivity (Wildman–Crippen MR) is 128 cm³/mol. The second-order valence-electron chi connectivity index (χ2n) is 9.10. The Balaban J connectivity index is 0.000000837. The number of hydrogen-bond donors (Lipinski definition) is 2. The van der Waals surface area contributed by atoms with Crippen LogP contribution in [0.15, 0.2) is 42.5 Å². The first-order valence-electron chi connectivity index (χ1n) is 11.1. The van der Waals surface area contributed by atoms with Gasteiger partial charge in [-0.05, 0) is 81.1 Å². The van der Waals surface area contributed by atoms with Crippen LogP contribution < -0.4 is 11.1 Å². The van der Waals surface area contributed by atoms with E-state index < -0.39 is 6.05 Å². The van der Waals surface area contributed by atoms with Gasteiger partial charge in [-0.15, -0.1) is 0 Å². The number of fused-ring (bicyclic) bond motifs is 1. The van der Waals surface area contributed by atoms with Gasteiger partial charge in [-0.2, -0.15) is 8.78 Å². The van der Waals surface area contributed by atoms with E-state index in [0.717, 1.165) is 46.5 Å². The molecule has 2 aromatic carbocycles. The Morgan fingerprint density at radius 1 is 1.06 bits per heavy atom. The lowest BCUT2D eigenvalue weighted by Crippen LogP contribution is -2.24. The van der Waals surface area contributed by atoms with Crippen LogP contribution in [-0.4, -0.2) is 17.7 Å². The molecule has 1 atom stereocenters. The van der Waals surface area contributed by atoms with Crippen LogP contribution in [0.3, 0.4) is 0 Å². The van der Waals surface area contributed by atoms with E-state index in [9.17, 15) is 13.2 Å². The highest BCUT2D eigenvalue weighted by atomic mass is 19.3. The summed E-state index contributed by atoms with van der Waals surface area (Å²) < 4.78 is 43.0. The average Bonchev–Trinajstić information content (AvgIpc) is 2.96. The maximum absolute atomic E-state index is 13.7. The number of nitrogens with zero attached hydrogens (tertiary/aromatic N) is 1. The lowest BCUT2D eigenvalue weighted by molar-refractivity contribution is 0.00311. The molecular formula is C26H36F3N3. The molecule has 0 aliphatic rings. The van der Waals surface area contributed by atoms with Crippen LogP contribution in [0.5, 0.6) is 0 Å². The summed E-state index contributed by atoms with van der Waals surface area (Å²) in [5.41, 5.74) is 8.51. The Hall–Kier alpha value is -2.31. The number of alkyl halides is 2. The van der Waals surface area contributed by atoms with Crippen molar-refractivity contribution in [3.8, 4) is 0 Å². The molecule has 3 nitrogen and oxygen atoms in total. The quantitative estimate of drug-likeness (QED) is 0.415. The standard InChI is InChI=1S/C22H26F3N3.C4H10/c1-14(27-3)7-9-20-15(2)19-12-17(22(24,25)26)8-10-21(19)28(20)13-16-5-4-6-18(23)11-16;1-4(2)3/h4-6,8,10-12,14,27H,7,9,13,26H2,1-3H3;4H,1-3H3. The van der Waals surface area contributed by atoms with E-state index >= 15 is 0 Å². The normalized spacial score (nSPS) is 12.7. The number of aryl methyl sites for hydroxylation is 1. The largest absolute Gasteiger partial charge is 0.340 e. The molecule has 0 fully saturated rings. The smallest absolute Gasteiger partial charge is 0.326 e. The van der Waals surface area contributed by atoms with E-state index in [2.05, 4.69) is 37.6 Å².